The van der Waals surface area contributed by atoms with E-state index in [0.29, 0.717) is 22.8 Å². The number of sulfone groups is 1. The van der Waals surface area contributed by atoms with Crippen LogP contribution in [-0.2, 0) is 14.6 Å². The predicted molar refractivity (Wildman–Crippen MR) is 106 cm³/mol. The second-order valence-electron chi connectivity index (χ2n) is 6.49. The van der Waals surface area contributed by atoms with Crippen LogP contribution in [0.15, 0.2) is 48.5 Å². The molecule has 1 atom stereocenters. The Balaban J connectivity index is 1.79. The predicted octanol–water partition coefficient (Wildman–Crippen LogP) is 3.28. The van der Waals surface area contributed by atoms with Crippen molar-refractivity contribution < 1.29 is 13.2 Å². The van der Waals surface area contributed by atoms with E-state index in [1.54, 1.807) is 4.90 Å². The molecule has 138 valence electrons. The van der Waals surface area contributed by atoms with Crippen LogP contribution in [0.3, 0.4) is 0 Å². The molecule has 3 rings (SSSR count). The molecule has 0 spiro atoms. The van der Waals surface area contributed by atoms with Crippen molar-refractivity contribution in [2.45, 2.75) is 19.4 Å². The monoisotopic (exact) mass is 392 g/mol. The molecule has 7 heteroatoms. The standard InChI is InChI=1S/C19H21ClN2O3S/c1-14-7-8-18(17(20)11-14)21-12-19(23)22(15-5-3-2-4-6-15)16-9-10-26(24,25)13-16/h2-8,11,16,21H,9-10,12-13H2,1H3. The fraction of sp³-hybridized carbons (Fsp3) is 0.316. The van der Waals surface area contributed by atoms with Gasteiger partial charge in [-0.1, -0.05) is 35.9 Å². The minimum atomic E-state index is -3.10. The second-order valence-corrected chi connectivity index (χ2v) is 9.13. The molecule has 1 aliphatic rings. The van der Waals surface area contributed by atoms with Crippen molar-refractivity contribution in [3.05, 3.63) is 59.1 Å². The number of amides is 1. The summed E-state index contributed by atoms with van der Waals surface area (Å²) in [6.07, 6.45) is 0.453. The summed E-state index contributed by atoms with van der Waals surface area (Å²) < 4.78 is 23.8. The third-order valence-corrected chi connectivity index (χ3v) is 6.49. The van der Waals surface area contributed by atoms with Crippen LogP contribution in [0, 0.1) is 6.92 Å². The average molecular weight is 393 g/mol. The fourth-order valence-corrected chi connectivity index (χ4v) is 5.15. The Bertz CT molecular complexity index is 900. The van der Waals surface area contributed by atoms with Gasteiger partial charge in [0, 0.05) is 5.69 Å². The van der Waals surface area contributed by atoms with Crippen LogP contribution in [0.25, 0.3) is 0 Å². The molecule has 26 heavy (non-hydrogen) atoms. The van der Waals surface area contributed by atoms with E-state index >= 15 is 0 Å². The van der Waals surface area contributed by atoms with Crippen molar-refractivity contribution >= 4 is 38.7 Å². The molecular formula is C19H21ClN2O3S. The molecule has 1 aliphatic heterocycles. The Kier molecular flexibility index (Phi) is 5.53. The number of anilines is 2. The molecule has 1 amide bonds. The molecule has 1 unspecified atom stereocenters. The van der Waals surface area contributed by atoms with Crippen molar-refractivity contribution in [1.29, 1.82) is 0 Å². The smallest absolute Gasteiger partial charge is 0.246 e. The first-order chi connectivity index (χ1) is 12.4. The van der Waals surface area contributed by atoms with E-state index in [4.69, 9.17) is 11.6 Å². The van der Waals surface area contributed by atoms with E-state index in [1.165, 1.54) is 0 Å². The number of nitrogens with zero attached hydrogens (tertiary/aromatic N) is 1. The molecule has 5 nitrogen and oxygen atoms in total. The van der Waals surface area contributed by atoms with Gasteiger partial charge in [0.2, 0.25) is 5.91 Å². The summed E-state index contributed by atoms with van der Waals surface area (Å²) in [6.45, 7) is 1.98. The summed E-state index contributed by atoms with van der Waals surface area (Å²) in [4.78, 5) is 14.5. The number of hydrogen-bond acceptors (Lipinski definition) is 4. The maximum Gasteiger partial charge on any atom is 0.246 e. The van der Waals surface area contributed by atoms with Crippen molar-refractivity contribution in [2.24, 2.45) is 0 Å². The minimum Gasteiger partial charge on any atom is -0.375 e. The highest BCUT2D eigenvalue weighted by molar-refractivity contribution is 7.91. The Morgan fingerprint density at radius 2 is 1.96 bits per heavy atom. The number of para-hydroxylation sites is 1. The normalized spacial score (nSPS) is 18.5. The topological polar surface area (TPSA) is 66.5 Å². The fourth-order valence-electron chi connectivity index (χ4n) is 3.15. The highest BCUT2D eigenvalue weighted by Gasteiger charge is 2.35. The Hall–Kier alpha value is -2.05. The van der Waals surface area contributed by atoms with Crippen molar-refractivity contribution in [1.82, 2.24) is 0 Å². The lowest BCUT2D eigenvalue weighted by Crippen LogP contribution is -2.44. The second kappa shape index (κ2) is 7.68. The minimum absolute atomic E-state index is 0.00107. The Labute approximate surface area is 158 Å². The number of carbonyl (C=O) groups is 1. The molecule has 0 bridgehead atoms. The molecule has 0 aliphatic carbocycles. The zero-order valence-corrected chi connectivity index (χ0v) is 16.1. The van der Waals surface area contributed by atoms with E-state index in [0.717, 1.165) is 5.56 Å². The van der Waals surface area contributed by atoms with Gasteiger partial charge < -0.3 is 10.2 Å². The van der Waals surface area contributed by atoms with Crippen LogP contribution in [0.1, 0.15) is 12.0 Å². The first-order valence-electron chi connectivity index (χ1n) is 8.43. The van der Waals surface area contributed by atoms with Gasteiger partial charge in [-0.25, -0.2) is 8.42 Å². The van der Waals surface area contributed by atoms with E-state index in [2.05, 4.69) is 5.32 Å². The quantitative estimate of drug-likeness (QED) is 0.847. The van der Waals surface area contributed by atoms with Crippen LogP contribution in [0.4, 0.5) is 11.4 Å². The van der Waals surface area contributed by atoms with Gasteiger partial charge >= 0.3 is 0 Å². The number of aryl methyl sites for hydroxylation is 1. The Morgan fingerprint density at radius 1 is 1.23 bits per heavy atom. The van der Waals surface area contributed by atoms with Gasteiger partial charge in [0.15, 0.2) is 9.84 Å². The molecule has 1 saturated heterocycles. The lowest BCUT2D eigenvalue weighted by Gasteiger charge is -2.28. The summed E-state index contributed by atoms with van der Waals surface area (Å²) in [7, 11) is -3.10. The summed E-state index contributed by atoms with van der Waals surface area (Å²) >= 11 is 6.21. The molecular weight excluding hydrogens is 372 g/mol. The van der Waals surface area contributed by atoms with Gasteiger partial charge in [-0.15, -0.1) is 0 Å². The number of carbonyl (C=O) groups excluding carboxylic acids is 1. The van der Waals surface area contributed by atoms with Gasteiger partial charge in [-0.05, 0) is 43.2 Å². The number of benzene rings is 2. The summed E-state index contributed by atoms with van der Waals surface area (Å²) in [5, 5.41) is 3.61. The van der Waals surface area contributed by atoms with E-state index in [9.17, 15) is 13.2 Å². The SMILES string of the molecule is Cc1ccc(NCC(=O)N(c2ccccc2)C2CCS(=O)(=O)C2)c(Cl)c1. The molecule has 0 radical (unpaired) electrons. The third-order valence-electron chi connectivity index (χ3n) is 4.43. The van der Waals surface area contributed by atoms with E-state index in [1.807, 2.05) is 55.5 Å². The van der Waals surface area contributed by atoms with Crippen LogP contribution in [-0.4, -0.2) is 38.4 Å². The van der Waals surface area contributed by atoms with Crippen molar-refractivity contribution in [3.63, 3.8) is 0 Å². The highest BCUT2D eigenvalue weighted by atomic mass is 35.5. The maximum atomic E-state index is 12.9. The van der Waals surface area contributed by atoms with Crippen LogP contribution in [0.2, 0.25) is 5.02 Å². The average Bonchev–Trinajstić information content (AvgIpc) is 2.95. The molecule has 2 aromatic rings. The molecule has 0 aromatic heterocycles. The van der Waals surface area contributed by atoms with Gasteiger partial charge in [-0.3, -0.25) is 4.79 Å². The number of rotatable bonds is 5. The Morgan fingerprint density at radius 3 is 2.58 bits per heavy atom. The van der Waals surface area contributed by atoms with Crippen molar-refractivity contribution in [2.75, 3.05) is 28.3 Å². The number of hydrogen-bond donors (Lipinski definition) is 1. The third kappa shape index (κ3) is 4.37. The summed E-state index contributed by atoms with van der Waals surface area (Å²) in [6, 6.07) is 14.4. The lowest BCUT2D eigenvalue weighted by molar-refractivity contribution is -0.117. The first kappa shape index (κ1) is 18.7. The maximum absolute atomic E-state index is 12.9. The van der Waals surface area contributed by atoms with Gasteiger partial charge in [0.25, 0.3) is 0 Å². The lowest BCUT2D eigenvalue weighted by atomic mass is 10.1. The molecule has 0 saturated carbocycles. The van der Waals surface area contributed by atoms with Gasteiger partial charge in [-0.2, -0.15) is 0 Å². The van der Waals surface area contributed by atoms with Crippen LogP contribution in [0.5, 0.6) is 0 Å². The van der Waals surface area contributed by atoms with Crippen LogP contribution < -0.4 is 10.2 Å². The zero-order chi connectivity index (χ0) is 18.7. The summed E-state index contributed by atoms with van der Waals surface area (Å²) in [5.74, 6) is -0.0697. The van der Waals surface area contributed by atoms with Crippen molar-refractivity contribution in [3.8, 4) is 0 Å². The number of halogens is 1. The molecule has 1 heterocycles. The first-order valence-corrected chi connectivity index (χ1v) is 10.6. The summed E-state index contributed by atoms with van der Waals surface area (Å²) in [5.41, 5.74) is 2.42. The molecule has 1 N–H and O–H groups in total. The highest BCUT2D eigenvalue weighted by Crippen LogP contribution is 2.26. The molecule has 2 aromatic carbocycles. The molecule has 1 fully saturated rings. The largest absolute Gasteiger partial charge is 0.375 e. The van der Waals surface area contributed by atoms with Crippen LogP contribution >= 0.6 is 11.6 Å². The van der Waals surface area contributed by atoms with Gasteiger partial charge in [0.1, 0.15) is 0 Å². The van der Waals surface area contributed by atoms with E-state index < -0.39 is 9.84 Å². The number of nitrogens with one attached hydrogen (secondary N) is 1. The van der Waals surface area contributed by atoms with E-state index in [-0.39, 0.29) is 30.0 Å². The van der Waals surface area contributed by atoms with Gasteiger partial charge in [0.05, 0.1) is 34.8 Å². The zero-order valence-electron chi connectivity index (χ0n) is 14.5.